The molecule has 4 nitrogen and oxygen atoms in total. The largest absolute Gasteiger partial charge is 0.387 e. The number of nitrogens with zero attached hydrogens (tertiary/aromatic N) is 1. The van der Waals surface area contributed by atoms with Gasteiger partial charge in [0.1, 0.15) is 0 Å². The molecular formula is C11H11ClN4. The number of hydrogen-bond acceptors (Lipinski definition) is 2. The number of aromatic amines is 1. The van der Waals surface area contributed by atoms with Gasteiger partial charge in [0.2, 0.25) is 0 Å². The van der Waals surface area contributed by atoms with E-state index in [4.69, 9.17) is 22.7 Å². The van der Waals surface area contributed by atoms with Gasteiger partial charge in [0.05, 0.1) is 16.6 Å². The van der Waals surface area contributed by atoms with E-state index in [2.05, 4.69) is 10.2 Å². The van der Waals surface area contributed by atoms with Crippen molar-refractivity contribution in [2.24, 2.45) is 5.73 Å². The third-order valence-electron chi connectivity index (χ3n) is 2.16. The molecule has 0 aliphatic heterocycles. The van der Waals surface area contributed by atoms with Crippen LogP contribution in [0, 0.1) is 5.41 Å². The average molecular weight is 235 g/mol. The van der Waals surface area contributed by atoms with Crippen molar-refractivity contribution in [2.45, 2.75) is 6.42 Å². The highest BCUT2D eigenvalue weighted by Crippen LogP contribution is 2.26. The van der Waals surface area contributed by atoms with Crippen molar-refractivity contribution in [3.8, 4) is 11.3 Å². The molecule has 0 saturated heterocycles. The van der Waals surface area contributed by atoms with Crippen LogP contribution in [0.4, 0.5) is 0 Å². The summed E-state index contributed by atoms with van der Waals surface area (Å²) in [5, 5.41) is 14.8. The van der Waals surface area contributed by atoms with Crippen molar-refractivity contribution in [1.29, 1.82) is 5.41 Å². The molecule has 82 valence electrons. The van der Waals surface area contributed by atoms with Crippen LogP contribution in [0.25, 0.3) is 11.3 Å². The fourth-order valence-corrected chi connectivity index (χ4v) is 1.70. The Morgan fingerprint density at radius 3 is 2.88 bits per heavy atom. The molecule has 2 aromatic rings. The molecule has 1 heterocycles. The number of nitrogens with two attached hydrogens (primary N) is 1. The fraction of sp³-hybridized carbons (Fsp3) is 0.0909. The molecule has 2 rings (SSSR count). The van der Waals surface area contributed by atoms with Crippen LogP contribution in [-0.2, 0) is 6.42 Å². The predicted molar refractivity (Wildman–Crippen MR) is 64.7 cm³/mol. The third-order valence-corrected chi connectivity index (χ3v) is 2.49. The first kappa shape index (κ1) is 10.7. The molecule has 1 aromatic heterocycles. The summed E-state index contributed by atoms with van der Waals surface area (Å²) < 4.78 is 0. The number of rotatable bonds is 3. The smallest absolute Gasteiger partial charge is 0.0965 e. The lowest BCUT2D eigenvalue weighted by Gasteiger charge is -1.97. The molecule has 0 spiro atoms. The van der Waals surface area contributed by atoms with E-state index in [0.717, 1.165) is 17.0 Å². The van der Waals surface area contributed by atoms with Crippen LogP contribution >= 0.6 is 11.6 Å². The monoisotopic (exact) mass is 234 g/mol. The molecule has 0 atom stereocenters. The number of nitrogens with one attached hydrogen (secondary N) is 2. The van der Waals surface area contributed by atoms with Crippen LogP contribution in [0.5, 0.6) is 0 Å². The quantitative estimate of drug-likeness (QED) is 0.562. The average Bonchev–Trinajstić information content (AvgIpc) is 2.66. The maximum atomic E-state index is 7.19. The Hall–Kier alpha value is -1.81. The van der Waals surface area contributed by atoms with Crippen molar-refractivity contribution in [1.82, 2.24) is 10.2 Å². The van der Waals surface area contributed by atoms with E-state index in [-0.39, 0.29) is 5.84 Å². The van der Waals surface area contributed by atoms with Crippen LogP contribution < -0.4 is 5.73 Å². The summed E-state index contributed by atoms with van der Waals surface area (Å²) in [6.45, 7) is 0. The lowest BCUT2D eigenvalue weighted by molar-refractivity contribution is 1.02. The molecule has 1 aromatic carbocycles. The molecular weight excluding hydrogens is 224 g/mol. The van der Waals surface area contributed by atoms with Gasteiger partial charge in [0, 0.05) is 17.7 Å². The minimum atomic E-state index is 0.106. The highest BCUT2D eigenvalue weighted by atomic mass is 35.5. The second-order valence-corrected chi connectivity index (χ2v) is 3.87. The van der Waals surface area contributed by atoms with Gasteiger partial charge in [0.25, 0.3) is 0 Å². The van der Waals surface area contributed by atoms with Crippen LogP contribution in [0.2, 0.25) is 5.02 Å². The van der Waals surface area contributed by atoms with Crippen LogP contribution in [0.3, 0.4) is 0 Å². The normalized spacial score (nSPS) is 10.3. The zero-order valence-corrected chi connectivity index (χ0v) is 9.25. The number of benzene rings is 1. The van der Waals surface area contributed by atoms with E-state index in [1.54, 1.807) is 0 Å². The predicted octanol–water partition coefficient (Wildman–Crippen LogP) is 2.21. The zero-order chi connectivity index (χ0) is 11.5. The molecule has 0 saturated carbocycles. The van der Waals surface area contributed by atoms with Gasteiger partial charge in [-0.05, 0) is 12.1 Å². The maximum absolute atomic E-state index is 7.19. The molecule has 0 aliphatic carbocycles. The van der Waals surface area contributed by atoms with Gasteiger partial charge in [-0.2, -0.15) is 5.10 Å². The lowest BCUT2D eigenvalue weighted by Crippen LogP contribution is -2.12. The van der Waals surface area contributed by atoms with Gasteiger partial charge in [-0.25, -0.2) is 0 Å². The summed E-state index contributed by atoms with van der Waals surface area (Å²) in [6.07, 6.45) is 0.372. The van der Waals surface area contributed by atoms with Crippen molar-refractivity contribution in [3.05, 3.63) is 41.0 Å². The summed E-state index contributed by atoms with van der Waals surface area (Å²) in [6, 6.07) is 9.34. The Kier molecular flexibility index (Phi) is 2.92. The van der Waals surface area contributed by atoms with Gasteiger partial charge in [-0.15, -0.1) is 0 Å². The molecule has 0 bridgehead atoms. The molecule has 16 heavy (non-hydrogen) atoms. The molecule has 5 heteroatoms. The van der Waals surface area contributed by atoms with Crippen molar-refractivity contribution < 1.29 is 0 Å². The van der Waals surface area contributed by atoms with E-state index in [0.29, 0.717) is 11.4 Å². The Bertz CT molecular complexity index is 518. The first-order valence-corrected chi connectivity index (χ1v) is 5.16. The Morgan fingerprint density at radius 2 is 2.19 bits per heavy atom. The highest BCUT2D eigenvalue weighted by Gasteiger charge is 2.07. The fourth-order valence-electron chi connectivity index (χ4n) is 1.46. The van der Waals surface area contributed by atoms with Gasteiger partial charge in [-0.3, -0.25) is 10.5 Å². The van der Waals surface area contributed by atoms with Crippen LogP contribution in [0.15, 0.2) is 30.3 Å². The molecule has 0 aliphatic rings. The summed E-state index contributed by atoms with van der Waals surface area (Å²) in [5.74, 6) is 0.106. The minimum Gasteiger partial charge on any atom is -0.387 e. The van der Waals surface area contributed by atoms with Gasteiger partial charge >= 0.3 is 0 Å². The van der Waals surface area contributed by atoms with Gasteiger partial charge < -0.3 is 5.73 Å². The highest BCUT2D eigenvalue weighted by molar-refractivity contribution is 6.33. The summed E-state index contributed by atoms with van der Waals surface area (Å²) in [4.78, 5) is 0. The van der Waals surface area contributed by atoms with E-state index in [1.807, 2.05) is 30.3 Å². The summed E-state index contributed by atoms with van der Waals surface area (Å²) in [5.41, 5.74) is 7.76. The first-order valence-electron chi connectivity index (χ1n) is 4.79. The maximum Gasteiger partial charge on any atom is 0.0965 e. The molecule has 0 fully saturated rings. The van der Waals surface area contributed by atoms with Crippen molar-refractivity contribution in [3.63, 3.8) is 0 Å². The number of hydrogen-bond donors (Lipinski definition) is 3. The number of H-pyrrole nitrogens is 1. The summed E-state index contributed by atoms with van der Waals surface area (Å²) >= 11 is 6.05. The molecule has 4 N–H and O–H groups in total. The van der Waals surface area contributed by atoms with Crippen molar-refractivity contribution >= 4 is 17.4 Å². The number of amidine groups is 1. The van der Waals surface area contributed by atoms with E-state index >= 15 is 0 Å². The SMILES string of the molecule is N=C(N)Cc1cc(-c2ccccc2Cl)n[nH]1. The number of aromatic nitrogens is 2. The topological polar surface area (TPSA) is 78.6 Å². The van der Waals surface area contributed by atoms with Gasteiger partial charge in [0.15, 0.2) is 0 Å². The Morgan fingerprint density at radius 1 is 1.44 bits per heavy atom. The number of halogens is 1. The van der Waals surface area contributed by atoms with Crippen LogP contribution in [0.1, 0.15) is 5.69 Å². The van der Waals surface area contributed by atoms with Crippen molar-refractivity contribution in [2.75, 3.05) is 0 Å². The van der Waals surface area contributed by atoms with E-state index in [9.17, 15) is 0 Å². The zero-order valence-electron chi connectivity index (χ0n) is 8.50. The summed E-state index contributed by atoms with van der Waals surface area (Å²) in [7, 11) is 0. The van der Waals surface area contributed by atoms with E-state index < -0.39 is 0 Å². The Balaban J connectivity index is 2.32. The lowest BCUT2D eigenvalue weighted by atomic mass is 10.1. The molecule has 0 unspecified atom stereocenters. The standard InChI is InChI=1S/C11H11ClN4/c12-9-4-2-1-3-8(9)10-5-7(15-16-10)6-11(13)14/h1-5H,6H2,(H3,13,14)(H,15,16). The Labute approximate surface area is 97.9 Å². The third kappa shape index (κ3) is 2.23. The molecule has 0 amide bonds. The first-order chi connectivity index (χ1) is 7.66. The van der Waals surface area contributed by atoms with Gasteiger partial charge in [-0.1, -0.05) is 29.8 Å². The second kappa shape index (κ2) is 4.37. The minimum absolute atomic E-state index is 0.106. The van der Waals surface area contributed by atoms with E-state index in [1.165, 1.54) is 0 Å². The molecule has 0 radical (unpaired) electrons. The second-order valence-electron chi connectivity index (χ2n) is 3.46. The van der Waals surface area contributed by atoms with Crippen LogP contribution in [-0.4, -0.2) is 16.0 Å².